The topological polar surface area (TPSA) is 66.6 Å². The fourth-order valence-corrected chi connectivity index (χ4v) is 2.09. The molecule has 0 fully saturated rings. The summed E-state index contributed by atoms with van der Waals surface area (Å²) in [6.07, 6.45) is 0. The van der Waals surface area contributed by atoms with E-state index in [2.05, 4.69) is 15.9 Å². The van der Waals surface area contributed by atoms with Crippen LogP contribution in [0.25, 0.3) is 0 Å². The number of nitrogens with two attached hydrogens (primary N) is 1. The molecule has 3 N–H and O–H groups in total. The Kier molecular flexibility index (Phi) is 4.76. The van der Waals surface area contributed by atoms with Gasteiger partial charge in [0, 0.05) is 23.2 Å². The van der Waals surface area contributed by atoms with E-state index in [0.717, 1.165) is 0 Å². The van der Waals surface area contributed by atoms with Gasteiger partial charge in [-0.1, -0.05) is 0 Å². The van der Waals surface area contributed by atoms with Crippen LogP contribution in [0.15, 0.2) is 22.7 Å². The van der Waals surface area contributed by atoms with E-state index in [1.807, 2.05) is 6.92 Å². The zero-order valence-corrected chi connectivity index (χ0v) is 12.5. The number of likely N-dealkylation sites (N-methyl/N-ethyl adjacent to an activating group) is 1. The molecule has 0 aliphatic rings. The number of amides is 1. The van der Waals surface area contributed by atoms with Crippen molar-refractivity contribution in [2.24, 2.45) is 0 Å². The maximum Gasteiger partial charge on any atom is 0.255 e. The first-order valence-corrected chi connectivity index (χ1v) is 6.60. The van der Waals surface area contributed by atoms with E-state index in [1.165, 1.54) is 0 Å². The predicted molar refractivity (Wildman–Crippen MR) is 76.4 cm³/mol. The maximum atomic E-state index is 12.4. The highest BCUT2D eigenvalue weighted by atomic mass is 79.9. The van der Waals surface area contributed by atoms with Crippen LogP contribution in [-0.4, -0.2) is 34.6 Å². The maximum absolute atomic E-state index is 12.4. The Labute approximate surface area is 116 Å². The van der Waals surface area contributed by atoms with Crippen molar-refractivity contribution in [2.75, 3.05) is 18.8 Å². The van der Waals surface area contributed by atoms with Gasteiger partial charge in [-0.05, 0) is 54.9 Å². The number of aliphatic hydroxyl groups is 1. The van der Waals surface area contributed by atoms with E-state index in [-0.39, 0.29) is 12.5 Å². The number of nitrogen functional groups attached to an aromatic ring is 1. The Morgan fingerprint density at radius 2 is 2.11 bits per heavy atom. The number of carbonyl (C=O) groups excluding carboxylic acids is 1. The summed E-state index contributed by atoms with van der Waals surface area (Å²) in [6, 6.07) is 5.12. The summed E-state index contributed by atoms with van der Waals surface area (Å²) < 4.78 is 0.705. The van der Waals surface area contributed by atoms with Gasteiger partial charge in [-0.2, -0.15) is 0 Å². The molecule has 0 radical (unpaired) electrons. The molecule has 1 aromatic carbocycles. The van der Waals surface area contributed by atoms with Crippen molar-refractivity contribution in [3.05, 3.63) is 28.2 Å². The van der Waals surface area contributed by atoms with E-state index in [0.29, 0.717) is 22.3 Å². The number of rotatable bonds is 4. The number of benzene rings is 1. The van der Waals surface area contributed by atoms with Gasteiger partial charge in [0.1, 0.15) is 0 Å². The zero-order chi connectivity index (χ0) is 13.9. The summed E-state index contributed by atoms with van der Waals surface area (Å²) >= 11 is 3.34. The SMILES string of the molecule is CCN(CC(C)(C)O)C(=O)c1cc(N)ccc1Br. The number of hydrogen-bond acceptors (Lipinski definition) is 3. The molecule has 0 aromatic heterocycles. The van der Waals surface area contributed by atoms with Gasteiger partial charge >= 0.3 is 0 Å². The van der Waals surface area contributed by atoms with Crippen molar-refractivity contribution >= 4 is 27.5 Å². The number of halogens is 1. The van der Waals surface area contributed by atoms with Gasteiger partial charge in [-0.15, -0.1) is 0 Å². The molecule has 4 nitrogen and oxygen atoms in total. The van der Waals surface area contributed by atoms with Crippen molar-refractivity contribution in [1.29, 1.82) is 0 Å². The van der Waals surface area contributed by atoms with Crippen molar-refractivity contribution in [1.82, 2.24) is 4.90 Å². The molecule has 18 heavy (non-hydrogen) atoms. The lowest BCUT2D eigenvalue weighted by atomic mass is 10.1. The molecule has 0 aliphatic heterocycles. The van der Waals surface area contributed by atoms with Crippen LogP contribution in [0, 0.1) is 0 Å². The van der Waals surface area contributed by atoms with Gasteiger partial charge in [0.25, 0.3) is 5.91 Å². The van der Waals surface area contributed by atoms with Crippen LogP contribution in [0.1, 0.15) is 31.1 Å². The van der Waals surface area contributed by atoms with Gasteiger partial charge in [0.05, 0.1) is 11.2 Å². The Hall–Kier alpha value is -1.07. The Morgan fingerprint density at radius 3 is 2.61 bits per heavy atom. The highest BCUT2D eigenvalue weighted by Gasteiger charge is 2.23. The summed E-state index contributed by atoms with van der Waals surface area (Å²) in [6.45, 7) is 6.05. The Balaban J connectivity index is 3.00. The molecule has 0 heterocycles. The summed E-state index contributed by atoms with van der Waals surface area (Å²) in [5, 5.41) is 9.81. The fourth-order valence-electron chi connectivity index (χ4n) is 1.67. The number of hydrogen-bond donors (Lipinski definition) is 2. The molecule has 1 rings (SSSR count). The minimum absolute atomic E-state index is 0.140. The minimum Gasteiger partial charge on any atom is -0.399 e. The average Bonchev–Trinajstić information content (AvgIpc) is 2.27. The van der Waals surface area contributed by atoms with Crippen LogP contribution in [0.3, 0.4) is 0 Å². The van der Waals surface area contributed by atoms with Crippen LogP contribution in [0.2, 0.25) is 0 Å². The lowest BCUT2D eigenvalue weighted by Crippen LogP contribution is -2.42. The summed E-state index contributed by atoms with van der Waals surface area (Å²) in [5.41, 5.74) is 5.83. The number of anilines is 1. The largest absolute Gasteiger partial charge is 0.399 e. The van der Waals surface area contributed by atoms with Crippen LogP contribution < -0.4 is 5.73 Å². The molecule has 0 aliphatic carbocycles. The second-order valence-corrected chi connectivity index (χ2v) is 5.73. The van der Waals surface area contributed by atoms with Crippen molar-refractivity contribution < 1.29 is 9.90 Å². The second-order valence-electron chi connectivity index (χ2n) is 4.87. The molecule has 1 amide bonds. The third-order valence-electron chi connectivity index (χ3n) is 2.47. The molecular weight excluding hydrogens is 296 g/mol. The van der Waals surface area contributed by atoms with Crippen LogP contribution in [0.4, 0.5) is 5.69 Å². The molecule has 5 heteroatoms. The molecule has 0 spiro atoms. The third kappa shape index (κ3) is 3.99. The monoisotopic (exact) mass is 314 g/mol. The standard InChI is InChI=1S/C13H19BrN2O2/c1-4-16(8-13(2,3)18)12(17)10-7-9(15)5-6-11(10)14/h5-7,18H,4,8,15H2,1-3H3. The van der Waals surface area contributed by atoms with Crippen molar-refractivity contribution in [3.63, 3.8) is 0 Å². The van der Waals surface area contributed by atoms with E-state index < -0.39 is 5.60 Å². The molecule has 0 atom stereocenters. The highest BCUT2D eigenvalue weighted by molar-refractivity contribution is 9.10. The summed E-state index contributed by atoms with van der Waals surface area (Å²) in [7, 11) is 0. The Morgan fingerprint density at radius 1 is 1.50 bits per heavy atom. The molecule has 0 bridgehead atoms. The molecule has 100 valence electrons. The van der Waals surface area contributed by atoms with Crippen LogP contribution in [0.5, 0.6) is 0 Å². The highest BCUT2D eigenvalue weighted by Crippen LogP contribution is 2.22. The summed E-state index contributed by atoms with van der Waals surface area (Å²) in [5.74, 6) is -0.140. The lowest BCUT2D eigenvalue weighted by molar-refractivity contribution is 0.0314. The summed E-state index contributed by atoms with van der Waals surface area (Å²) in [4.78, 5) is 14.0. The molecule has 1 aromatic rings. The van der Waals surface area contributed by atoms with E-state index in [4.69, 9.17) is 5.73 Å². The van der Waals surface area contributed by atoms with E-state index >= 15 is 0 Å². The lowest BCUT2D eigenvalue weighted by Gasteiger charge is -2.28. The van der Waals surface area contributed by atoms with Gasteiger partial charge in [-0.25, -0.2) is 0 Å². The zero-order valence-electron chi connectivity index (χ0n) is 10.9. The van der Waals surface area contributed by atoms with Gasteiger partial charge in [-0.3, -0.25) is 4.79 Å². The normalized spacial score (nSPS) is 11.4. The second kappa shape index (κ2) is 5.71. The van der Waals surface area contributed by atoms with Crippen LogP contribution in [-0.2, 0) is 0 Å². The molecule has 0 saturated heterocycles. The molecule has 0 saturated carbocycles. The predicted octanol–water partition coefficient (Wildman–Crippen LogP) is 2.26. The van der Waals surface area contributed by atoms with Gasteiger partial charge < -0.3 is 15.7 Å². The van der Waals surface area contributed by atoms with Crippen LogP contribution >= 0.6 is 15.9 Å². The molecular formula is C13H19BrN2O2. The van der Waals surface area contributed by atoms with Crippen molar-refractivity contribution in [3.8, 4) is 0 Å². The van der Waals surface area contributed by atoms with Crippen molar-refractivity contribution in [2.45, 2.75) is 26.4 Å². The first kappa shape index (κ1) is 15.0. The minimum atomic E-state index is -0.918. The Bertz CT molecular complexity index is 441. The number of carbonyl (C=O) groups is 1. The van der Waals surface area contributed by atoms with Gasteiger partial charge in [0.15, 0.2) is 0 Å². The quantitative estimate of drug-likeness (QED) is 0.838. The van der Waals surface area contributed by atoms with E-state index in [9.17, 15) is 9.90 Å². The number of nitrogens with zero attached hydrogens (tertiary/aromatic N) is 1. The third-order valence-corrected chi connectivity index (χ3v) is 3.16. The fraction of sp³-hybridized carbons (Fsp3) is 0.462. The first-order chi connectivity index (χ1) is 8.24. The molecule has 0 unspecified atom stereocenters. The average molecular weight is 315 g/mol. The van der Waals surface area contributed by atoms with Gasteiger partial charge in [0.2, 0.25) is 0 Å². The smallest absolute Gasteiger partial charge is 0.255 e. The van der Waals surface area contributed by atoms with E-state index in [1.54, 1.807) is 36.9 Å². The first-order valence-electron chi connectivity index (χ1n) is 5.81.